The van der Waals surface area contributed by atoms with E-state index in [1.54, 1.807) is 11.4 Å². The van der Waals surface area contributed by atoms with Crippen molar-refractivity contribution in [3.05, 3.63) is 46.8 Å². The lowest BCUT2D eigenvalue weighted by Gasteiger charge is -2.20. The number of carbonyl (C=O) groups is 1. The third-order valence-corrected chi connectivity index (χ3v) is 7.92. The summed E-state index contributed by atoms with van der Waals surface area (Å²) in [6.07, 6.45) is 4.58. The molecule has 0 bridgehead atoms. The van der Waals surface area contributed by atoms with Gasteiger partial charge in [-0.1, -0.05) is 69.6 Å². The van der Waals surface area contributed by atoms with Gasteiger partial charge in [0.1, 0.15) is 11.1 Å². The van der Waals surface area contributed by atoms with Crippen LogP contribution in [0.1, 0.15) is 70.5 Å². The lowest BCUT2D eigenvalue weighted by molar-refractivity contribution is -0.115. The number of hydrogen-bond donors (Lipinski definition) is 1. The largest absolute Gasteiger partial charge is 0.316 e. The third-order valence-electron chi connectivity index (χ3n) is 6.04. The van der Waals surface area contributed by atoms with Crippen LogP contribution in [0.5, 0.6) is 0 Å². The Morgan fingerprint density at radius 1 is 1.21 bits per heavy atom. The molecule has 1 atom stereocenters. The number of hydrogen-bond acceptors (Lipinski definition) is 6. The van der Waals surface area contributed by atoms with Crippen LogP contribution in [0, 0.1) is 11.3 Å². The third kappa shape index (κ3) is 5.15. The summed E-state index contributed by atoms with van der Waals surface area (Å²) in [6, 6.07) is 12.8. The molecule has 1 aliphatic rings. The van der Waals surface area contributed by atoms with E-state index in [9.17, 15) is 10.1 Å². The van der Waals surface area contributed by atoms with Gasteiger partial charge in [-0.3, -0.25) is 9.36 Å². The number of nitrogens with zero attached hydrogens (tertiary/aromatic N) is 4. The minimum atomic E-state index is -0.376. The summed E-state index contributed by atoms with van der Waals surface area (Å²) in [5, 5.41) is 23.9. The second-order valence-corrected chi connectivity index (χ2v) is 11.7. The SMILES string of the molecule is CC(Sc1nnc(-c2ccc(C(C)(C)C)cc2)n1C1CCCC1)C(=O)Nc1sccc1C#N. The van der Waals surface area contributed by atoms with Crippen LogP contribution >= 0.6 is 23.1 Å². The van der Waals surface area contributed by atoms with Crippen LogP contribution in [-0.2, 0) is 10.2 Å². The molecule has 4 rings (SSSR count). The predicted octanol–water partition coefficient (Wildman–Crippen LogP) is 6.41. The van der Waals surface area contributed by atoms with Gasteiger partial charge in [0.2, 0.25) is 5.91 Å². The molecule has 8 heteroatoms. The van der Waals surface area contributed by atoms with Gasteiger partial charge < -0.3 is 5.32 Å². The van der Waals surface area contributed by atoms with E-state index in [4.69, 9.17) is 0 Å². The molecule has 0 radical (unpaired) electrons. The number of rotatable bonds is 6. The molecule has 1 unspecified atom stereocenters. The summed E-state index contributed by atoms with van der Waals surface area (Å²) in [5.41, 5.74) is 2.91. The van der Waals surface area contributed by atoms with Gasteiger partial charge in [-0.15, -0.1) is 21.5 Å². The number of thioether (sulfide) groups is 1. The highest BCUT2D eigenvalue weighted by molar-refractivity contribution is 8.00. The summed E-state index contributed by atoms with van der Waals surface area (Å²) < 4.78 is 2.24. The molecule has 33 heavy (non-hydrogen) atoms. The standard InChI is InChI=1S/C25H29N5OS2/c1-16(22(31)27-23-18(15-26)13-14-32-23)33-24-29-28-21(30(24)20-7-5-6-8-20)17-9-11-19(12-10-17)25(2,3)4/h9-14,16,20H,5-8H2,1-4H3,(H,27,31). The van der Waals surface area contributed by atoms with Gasteiger partial charge in [0.05, 0.1) is 10.8 Å². The van der Waals surface area contributed by atoms with Gasteiger partial charge in [-0.25, -0.2) is 0 Å². The number of amides is 1. The Bertz CT molecular complexity index is 1160. The molecule has 3 aromatic rings. The highest BCUT2D eigenvalue weighted by Gasteiger charge is 2.28. The Kier molecular flexibility index (Phi) is 6.91. The molecule has 1 saturated carbocycles. The Labute approximate surface area is 203 Å². The molecule has 172 valence electrons. The summed E-state index contributed by atoms with van der Waals surface area (Å²) in [7, 11) is 0. The van der Waals surface area contributed by atoms with Crippen molar-refractivity contribution in [3.63, 3.8) is 0 Å². The Hall–Kier alpha value is -2.63. The van der Waals surface area contributed by atoms with E-state index in [1.807, 2.05) is 6.92 Å². The maximum atomic E-state index is 12.8. The Balaban J connectivity index is 1.59. The lowest BCUT2D eigenvalue weighted by atomic mass is 9.86. The van der Waals surface area contributed by atoms with Gasteiger partial charge in [0.25, 0.3) is 0 Å². The van der Waals surface area contributed by atoms with Crippen LogP contribution in [0.4, 0.5) is 5.00 Å². The number of thiophene rings is 1. The fraction of sp³-hybridized carbons (Fsp3) is 0.440. The monoisotopic (exact) mass is 479 g/mol. The van der Waals surface area contributed by atoms with E-state index in [1.165, 1.54) is 41.5 Å². The minimum absolute atomic E-state index is 0.0927. The van der Waals surface area contributed by atoms with Crippen molar-refractivity contribution in [1.82, 2.24) is 14.8 Å². The molecule has 0 aliphatic heterocycles. The fourth-order valence-electron chi connectivity index (χ4n) is 4.08. The molecular formula is C25H29N5OS2. The van der Waals surface area contributed by atoms with E-state index in [0.717, 1.165) is 29.4 Å². The highest BCUT2D eigenvalue weighted by atomic mass is 32.2. The molecule has 1 aromatic carbocycles. The Morgan fingerprint density at radius 3 is 2.55 bits per heavy atom. The van der Waals surface area contributed by atoms with Crippen LogP contribution in [0.25, 0.3) is 11.4 Å². The van der Waals surface area contributed by atoms with Crippen LogP contribution < -0.4 is 5.32 Å². The zero-order chi connectivity index (χ0) is 23.6. The molecule has 2 aromatic heterocycles. The first-order chi connectivity index (χ1) is 15.8. The smallest absolute Gasteiger partial charge is 0.238 e. The maximum Gasteiger partial charge on any atom is 0.238 e. The van der Waals surface area contributed by atoms with E-state index in [2.05, 4.69) is 71.2 Å². The summed E-state index contributed by atoms with van der Waals surface area (Å²) in [4.78, 5) is 12.8. The molecule has 1 N–H and O–H groups in total. The molecule has 0 spiro atoms. The first kappa shape index (κ1) is 23.5. The van der Waals surface area contributed by atoms with E-state index in [0.29, 0.717) is 16.6 Å². The van der Waals surface area contributed by atoms with Crippen LogP contribution in [0.3, 0.4) is 0 Å². The van der Waals surface area contributed by atoms with Crippen molar-refractivity contribution in [1.29, 1.82) is 5.26 Å². The lowest BCUT2D eigenvalue weighted by Crippen LogP contribution is -2.23. The maximum absolute atomic E-state index is 12.8. The van der Waals surface area contributed by atoms with E-state index >= 15 is 0 Å². The van der Waals surface area contributed by atoms with Gasteiger partial charge >= 0.3 is 0 Å². The molecule has 6 nitrogen and oxygen atoms in total. The first-order valence-corrected chi connectivity index (χ1v) is 13.0. The molecule has 1 amide bonds. The van der Waals surface area contributed by atoms with Crippen molar-refractivity contribution in [2.75, 3.05) is 5.32 Å². The number of anilines is 1. The number of carbonyl (C=O) groups excluding carboxylic acids is 1. The van der Waals surface area contributed by atoms with Crippen molar-refractivity contribution in [3.8, 4) is 17.5 Å². The average Bonchev–Trinajstić information content (AvgIpc) is 3.54. The van der Waals surface area contributed by atoms with Crippen LogP contribution in [-0.4, -0.2) is 25.9 Å². The van der Waals surface area contributed by atoms with Crippen LogP contribution in [0.2, 0.25) is 0 Å². The molecule has 1 aliphatic carbocycles. The van der Waals surface area contributed by atoms with Gasteiger partial charge in [0.15, 0.2) is 11.0 Å². The Morgan fingerprint density at radius 2 is 1.91 bits per heavy atom. The number of nitriles is 1. The first-order valence-electron chi connectivity index (χ1n) is 11.3. The predicted molar refractivity (Wildman–Crippen MR) is 135 cm³/mol. The van der Waals surface area contributed by atoms with Crippen molar-refractivity contribution in [2.24, 2.45) is 0 Å². The van der Waals surface area contributed by atoms with Gasteiger partial charge in [-0.2, -0.15) is 5.26 Å². The normalized spacial score (nSPS) is 15.4. The second-order valence-electron chi connectivity index (χ2n) is 9.47. The zero-order valence-electron chi connectivity index (χ0n) is 19.5. The average molecular weight is 480 g/mol. The fourth-order valence-corrected chi connectivity index (χ4v) is 5.74. The van der Waals surface area contributed by atoms with E-state index < -0.39 is 0 Å². The van der Waals surface area contributed by atoms with Gasteiger partial charge in [0, 0.05) is 11.6 Å². The highest BCUT2D eigenvalue weighted by Crippen LogP contribution is 2.38. The van der Waals surface area contributed by atoms with Crippen molar-refractivity contribution >= 4 is 34.0 Å². The molecule has 0 saturated heterocycles. The summed E-state index contributed by atoms with van der Waals surface area (Å²) >= 11 is 2.78. The topological polar surface area (TPSA) is 83.6 Å². The number of benzene rings is 1. The number of aromatic nitrogens is 3. The minimum Gasteiger partial charge on any atom is -0.316 e. The summed E-state index contributed by atoms with van der Waals surface area (Å²) in [6.45, 7) is 8.49. The number of nitrogens with one attached hydrogen (secondary N) is 1. The van der Waals surface area contributed by atoms with Crippen molar-refractivity contribution < 1.29 is 4.79 Å². The second kappa shape index (κ2) is 9.70. The zero-order valence-corrected chi connectivity index (χ0v) is 21.1. The van der Waals surface area contributed by atoms with Crippen LogP contribution in [0.15, 0.2) is 40.9 Å². The molecule has 2 heterocycles. The van der Waals surface area contributed by atoms with E-state index in [-0.39, 0.29) is 16.6 Å². The molecular weight excluding hydrogens is 450 g/mol. The molecule has 1 fully saturated rings. The van der Waals surface area contributed by atoms with Gasteiger partial charge in [-0.05, 0) is 42.2 Å². The van der Waals surface area contributed by atoms with Crippen molar-refractivity contribution in [2.45, 2.75) is 75.2 Å². The summed E-state index contributed by atoms with van der Waals surface area (Å²) in [5.74, 6) is 0.721. The quantitative estimate of drug-likeness (QED) is 0.413.